The highest BCUT2D eigenvalue weighted by Crippen LogP contribution is 2.49. The van der Waals surface area contributed by atoms with E-state index in [1.807, 2.05) is 58.9 Å². The fourth-order valence-corrected chi connectivity index (χ4v) is 3.50. The predicted molar refractivity (Wildman–Crippen MR) is 114 cm³/mol. The van der Waals surface area contributed by atoms with Crippen molar-refractivity contribution in [2.24, 2.45) is 17.1 Å². The number of carbonyl (C=O) groups is 2. The van der Waals surface area contributed by atoms with E-state index in [0.717, 1.165) is 11.3 Å². The molecule has 1 aliphatic carbocycles. The lowest BCUT2D eigenvalue weighted by molar-refractivity contribution is -0.170. The Morgan fingerprint density at radius 1 is 1.32 bits per heavy atom. The van der Waals surface area contributed by atoms with E-state index >= 15 is 0 Å². The minimum absolute atomic E-state index is 0. The van der Waals surface area contributed by atoms with Gasteiger partial charge in [0.25, 0.3) is 0 Å². The Morgan fingerprint density at radius 2 is 2.00 bits per heavy atom. The molecule has 7 heteroatoms. The summed E-state index contributed by atoms with van der Waals surface area (Å²) in [5.74, 6) is 0.127. The monoisotopic (exact) mass is 411 g/mol. The molecule has 4 N–H and O–H groups in total. The molecule has 0 aromatic heterocycles. The van der Waals surface area contributed by atoms with Crippen molar-refractivity contribution in [3.63, 3.8) is 0 Å². The van der Waals surface area contributed by atoms with Crippen LogP contribution in [-0.2, 0) is 20.9 Å². The summed E-state index contributed by atoms with van der Waals surface area (Å²) in [6.07, 6.45) is 0.996. The van der Waals surface area contributed by atoms with Gasteiger partial charge in [-0.25, -0.2) is 0 Å². The van der Waals surface area contributed by atoms with Gasteiger partial charge in [-0.1, -0.05) is 39.8 Å². The number of nitrogens with two attached hydrogens (primary N) is 1. The Kier molecular flexibility index (Phi) is 8.47. The van der Waals surface area contributed by atoms with E-state index in [0.29, 0.717) is 31.9 Å². The maximum absolute atomic E-state index is 12.7. The van der Waals surface area contributed by atoms with Crippen LogP contribution in [0.3, 0.4) is 0 Å². The van der Waals surface area contributed by atoms with Crippen LogP contribution in [0.25, 0.3) is 0 Å². The highest BCUT2D eigenvalue weighted by molar-refractivity contribution is 5.91. The van der Waals surface area contributed by atoms with Crippen LogP contribution in [0, 0.1) is 11.3 Å². The second kappa shape index (κ2) is 9.72. The van der Waals surface area contributed by atoms with Crippen molar-refractivity contribution in [3.05, 3.63) is 29.8 Å². The van der Waals surface area contributed by atoms with Gasteiger partial charge in [0, 0.05) is 37.1 Å². The molecule has 1 aromatic carbocycles. The van der Waals surface area contributed by atoms with Crippen molar-refractivity contribution in [2.75, 3.05) is 11.9 Å². The van der Waals surface area contributed by atoms with Gasteiger partial charge in [-0.2, -0.15) is 0 Å². The molecular formula is C21H34ClN3O3. The second-order valence-electron chi connectivity index (χ2n) is 8.37. The third-order valence-corrected chi connectivity index (χ3v) is 5.49. The molecule has 2 atom stereocenters. The number of nitrogens with one attached hydrogen (secondary N) is 2. The molecule has 158 valence electrons. The number of benzene rings is 1. The second-order valence-corrected chi connectivity index (χ2v) is 8.37. The molecule has 2 rings (SSSR count). The van der Waals surface area contributed by atoms with E-state index in [2.05, 4.69) is 10.6 Å². The predicted octanol–water partition coefficient (Wildman–Crippen LogP) is 3.24. The topological polar surface area (TPSA) is 93.4 Å². The van der Waals surface area contributed by atoms with E-state index < -0.39 is 11.0 Å². The molecule has 0 saturated heterocycles. The summed E-state index contributed by atoms with van der Waals surface area (Å²) < 4.78 is 5.68. The first-order valence-electron chi connectivity index (χ1n) is 9.67. The first-order chi connectivity index (χ1) is 12.6. The van der Waals surface area contributed by atoms with Gasteiger partial charge in [-0.3, -0.25) is 9.59 Å². The van der Waals surface area contributed by atoms with Crippen molar-refractivity contribution in [1.82, 2.24) is 5.32 Å². The first kappa shape index (κ1) is 24.4. The number of carbonyl (C=O) groups excluding carboxylic acids is 2. The van der Waals surface area contributed by atoms with Gasteiger partial charge in [0.15, 0.2) is 0 Å². The average Bonchev–Trinajstić information content (AvgIpc) is 2.58. The van der Waals surface area contributed by atoms with Crippen LogP contribution < -0.4 is 16.4 Å². The zero-order chi connectivity index (χ0) is 20.2. The standard InChI is InChI=1S/C21H33N3O3.ClH/c1-6-27-17-12-21(22,20(17,4)5)19(26)23-13-15-8-7-9-16(11-15)24-18(25)10-14(2)3;/h7-9,11,14,17H,6,10,12-13,22H2,1-5H3,(H,23,26)(H,24,25);1H. The minimum Gasteiger partial charge on any atom is -0.378 e. The summed E-state index contributed by atoms with van der Waals surface area (Å²) in [6.45, 7) is 10.9. The highest BCUT2D eigenvalue weighted by Gasteiger charge is 2.62. The van der Waals surface area contributed by atoms with E-state index in [9.17, 15) is 9.59 Å². The van der Waals surface area contributed by atoms with Crippen LogP contribution in [0.5, 0.6) is 0 Å². The van der Waals surface area contributed by atoms with Crippen LogP contribution >= 0.6 is 12.4 Å². The largest absolute Gasteiger partial charge is 0.378 e. The molecular weight excluding hydrogens is 378 g/mol. The third kappa shape index (κ3) is 5.25. The Bertz CT molecular complexity index is 693. The van der Waals surface area contributed by atoms with E-state index in [1.165, 1.54) is 0 Å². The van der Waals surface area contributed by atoms with E-state index in [1.54, 1.807) is 0 Å². The summed E-state index contributed by atoms with van der Waals surface area (Å²) in [4.78, 5) is 24.6. The van der Waals surface area contributed by atoms with Gasteiger partial charge < -0.3 is 21.1 Å². The smallest absolute Gasteiger partial charge is 0.241 e. The Balaban J connectivity index is 0.00000392. The number of hydrogen-bond acceptors (Lipinski definition) is 4. The number of anilines is 1. The van der Waals surface area contributed by atoms with Crippen molar-refractivity contribution in [3.8, 4) is 0 Å². The number of rotatable bonds is 8. The fourth-order valence-electron chi connectivity index (χ4n) is 3.50. The molecule has 2 unspecified atom stereocenters. The van der Waals surface area contributed by atoms with Crippen LogP contribution in [0.15, 0.2) is 24.3 Å². The maximum atomic E-state index is 12.7. The van der Waals surface area contributed by atoms with Crippen molar-refractivity contribution < 1.29 is 14.3 Å². The zero-order valence-electron chi connectivity index (χ0n) is 17.5. The molecule has 0 bridgehead atoms. The Labute approximate surface area is 174 Å². The molecule has 0 radical (unpaired) electrons. The maximum Gasteiger partial charge on any atom is 0.241 e. The lowest BCUT2D eigenvalue weighted by atomic mass is 9.54. The van der Waals surface area contributed by atoms with Gasteiger partial charge in [-0.05, 0) is 30.5 Å². The van der Waals surface area contributed by atoms with Gasteiger partial charge in [-0.15, -0.1) is 12.4 Å². The lowest BCUT2D eigenvalue weighted by Gasteiger charge is -2.57. The summed E-state index contributed by atoms with van der Waals surface area (Å²) in [5.41, 5.74) is 6.69. The molecule has 0 aliphatic heterocycles. The summed E-state index contributed by atoms with van der Waals surface area (Å²) in [5, 5.41) is 5.83. The van der Waals surface area contributed by atoms with Crippen LogP contribution in [0.1, 0.15) is 53.0 Å². The Hall–Kier alpha value is -1.63. The molecule has 1 aromatic rings. The number of ether oxygens (including phenoxy) is 1. The lowest BCUT2D eigenvalue weighted by Crippen LogP contribution is -2.75. The minimum atomic E-state index is -0.935. The van der Waals surface area contributed by atoms with Crippen molar-refractivity contribution >= 4 is 29.9 Å². The highest BCUT2D eigenvalue weighted by atomic mass is 35.5. The molecule has 1 aliphatic rings. The molecule has 2 amide bonds. The van der Waals surface area contributed by atoms with Gasteiger partial charge in [0.2, 0.25) is 11.8 Å². The zero-order valence-corrected chi connectivity index (χ0v) is 18.3. The van der Waals surface area contributed by atoms with Gasteiger partial charge >= 0.3 is 0 Å². The molecule has 6 nitrogen and oxygen atoms in total. The van der Waals surface area contributed by atoms with Crippen molar-refractivity contribution in [2.45, 2.75) is 65.6 Å². The summed E-state index contributed by atoms with van der Waals surface area (Å²) in [6, 6.07) is 7.49. The first-order valence-corrected chi connectivity index (χ1v) is 9.67. The number of halogens is 1. The molecule has 0 spiro atoms. The Morgan fingerprint density at radius 3 is 2.57 bits per heavy atom. The SMILES string of the molecule is CCOC1CC(N)(C(=O)NCc2cccc(NC(=O)CC(C)C)c2)C1(C)C.Cl. The van der Waals surface area contributed by atoms with E-state index in [-0.39, 0.29) is 30.3 Å². The third-order valence-electron chi connectivity index (χ3n) is 5.49. The normalized spacial score (nSPS) is 22.8. The molecule has 28 heavy (non-hydrogen) atoms. The van der Waals surface area contributed by atoms with Gasteiger partial charge in [0.05, 0.1) is 6.10 Å². The number of amides is 2. The van der Waals surface area contributed by atoms with Gasteiger partial charge in [0.1, 0.15) is 5.54 Å². The average molecular weight is 412 g/mol. The van der Waals surface area contributed by atoms with Crippen LogP contribution in [0.2, 0.25) is 0 Å². The molecule has 0 heterocycles. The summed E-state index contributed by atoms with van der Waals surface area (Å²) >= 11 is 0. The fraction of sp³-hybridized carbons (Fsp3) is 0.619. The molecule has 1 saturated carbocycles. The summed E-state index contributed by atoms with van der Waals surface area (Å²) in [7, 11) is 0. The number of hydrogen-bond donors (Lipinski definition) is 3. The van der Waals surface area contributed by atoms with Crippen LogP contribution in [0.4, 0.5) is 5.69 Å². The quantitative estimate of drug-likeness (QED) is 0.612. The van der Waals surface area contributed by atoms with E-state index in [4.69, 9.17) is 10.5 Å². The molecule has 1 fully saturated rings. The van der Waals surface area contributed by atoms with Crippen LogP contribution in [-0.4, -0.2) is 30.1 Å². The van der Waals surface area contributed by atoms with Crippen molar-refractivity contribution in [1.29, 1.82) is 0 Å².